The monoisotopic (exact) mass is 285 g/mol. The van der Waals surface area contributed by atoms with Gasteiger partial charge in [0.1, 0.15) is 0 Å². The molecule has 0 bridgehead atoms. The van der Waals surface area contributed by atoms with Crippen molar-refractivity contribution in [3.8, 4) is 0 Å². The van der Waals surface area contributed by atoms with Crippen LogP contribution in [0.5, 0.6) is 0 Å². The number of nitrogens with zero attached hydrogens (tertiary/aromatic N) is 1. The van der Waals surface area contributed by atoms with Crippen LogP contribution < -0.4 is 4.90 Å². The van der Waals surface area contributed by atoms with E-state index in [4.69, 9.17) is 0 Å². The van der Waals surface area contributed by atoms with Crippen LogP contribution in [0.15, 0.2) is 52.3 Å². The van der Waals surface area contributed by atoms with Crippen LogP contribution in [0.2, 0.25) is 0 Å². The van der Waals surface area contributed by atoms with Crippen molar-refractivity contribution in [2.75, 3.05) is 18.0 Å². The number of aryl methyl sites for hydroxylation is 2. The molecule has 0 heterocycles. The molecule has 1 nitrogen and oxygen atoms in total. The highest BCUT2D eigenvalue weighted by Crippen LogP contribution is 2.36. The summed E-state index contributed by atoms with van der Waals surface area (Å²) in [7, 11) is 0. The first-order chi connectivity index (χ1) is 9.65. The number of rotatable bonds is 5. The second kappa shape index (κ2) is 6.85. The van der Waals surface area contributed by atoms with Crippen LogP contribution >= 0.6 is 11.8 Å². The highest BCUT2D eigenvalue weighted by atomic mass is 32.2. The molecule has 0 radical (unpaired) electrons. The molecule has 0 aromatic heterocycles. The maximum Gasteiger partial charge on any atom is 0.0507 e. The van der Waals surface area contributed by atoms with Gasteiger partial charge in [0.05, 0.1) is 5.69 Å². The lowest BCUT2D eigenvalue weighted by molar-refractivity contribution is 0.855. The second-order valence-corrected chi connectivity index (χ2v) is 6.09. The molecule has 2 heteroatoms. The van der Waals surface area contributed by atoms with Gasteiger partial charge in [-0.3, -0.25) is 0 Å². The summed E-state index contributed by atoms with van der Waals surface area (Å²) in [6, 6.07) is 15.4. The van der Waals surface area contributed by atoms with Gasteiger partial charge >= 0.3 is 0 Å². The van der Waals surface area contributed by atoms with Crippen LogP contribution in [0.1, 0.15) is 25.0 Å². The maximum atomic E-state index is 2.41. The third kappa shape index (κ3) is 3.37. The molecule has 0 fully saturated rings. The Morgan fingerprint density at radius 3 is 2.25 bits per heavy atom. The molecule has 20 heavy (non-hydrogen) atoms. The number of anilines is 1. The van der Waals surface area contributed by atoms with Gasteiger partial charge in [-0.25, -0.2) is 0 Å². The van der Waals surface area contributed by atoms with E-state index in [1.807, 2.05) is 11.8 Å². The normalized spacial score (nSPS) is 10.6. The Balaban J connectivity index is 2.33. The highest BCUT2D eigenvalue weighted by molar-refractivity contribution is 7.99. The number of hydrogen-bond acceptors (Lipinski definition) is 2. The minimum Gasteiger partial charge on any atom is -0.371 e. The molecule has 0 aliphatic carbocycles. The Morgan fingerprint density at radius 2 is 1.60 bits per heavy atom. The van der Waals surface area contributed by atoms with E-state index in [-0.39, 0.29) is 0 Å². The van der Waals surface area contributed by atoms with Crippen LogP contribution in [0.4, 0.5) is 5.69 Å². The second-order valence-electron chi connectivity index (χ2n) is 5.01. The minimum atomic E-state index is 1.04. The third-order valence-electron chi connectivity index (χ3n) is 3.52. The molecule has 0 saturated carbocycles. The summed E-state index contributed by atoms with van der Waals surface area (Å²) < 4.78 is 0. The zero-order chi connectivity index (χ0) is 14.5. The van der Waals surface area contributed by atoms with Gasteiger partial charge < -0.3 is 4.90 Å². The predicted octanol–water partition coefficient (Wildman–Crippen LogP) is 5.30. The Labute approximate surface area is 127 Å². The van der Waals surface area contributed by atoms with Gasteiger partial charge in [-0.1, -0.05) is 41.6 Å². The summed E-state index contributed by atoms with van der Waals surface area (Å²) in [4.78, 5) is 5.09. The van der Waals surface area contributed by atoms with Crippen molar-refractivity contribution in [3.05, 3.63) is 53.6 Å². The maximum absolute atomic E-state index is 2.41. The van der Waals surface area contributed by atoms with E-state index < -0.39 is 0 Å². The fraction of sp³-hybridized carbons (Fsp3) is 0.333. The largest absolute Gasteiger partial charge is 0.371 e. The first-order valence-electron chi connectivity index (χ1n) is 7.24. The molecule has 2 aromatic carbocycles. The van der Waals surface area contributed by atoms with Gasteiger partial charge in [0.15, 0.2) is 0 Å². The molecule has 2 aromatic rings. The van der Waals surface area contributed by atoms with E-state index in [0.717, 1.165) is 13.1 Å². The molecule has 0 N–H and O–H groups in total. The van der Waals surface area contributed by atoms with E-state index in [2.05, 4.69) is 75.1 Å². The predicted molar refractivity (Wildman–Crippen MR) is 90.0 cm³/mol. The van der Waals surface area contributed by atoms with Gasteiger partial charge in [-0.15, -0.1) is 0 Å². The third-order valence-corrected chi connectivity index (χ3v) is 4.76. The lowest BCUT2D eigenvalue weighted by atomic mass is 10.2. The molecule has 0 aliphatic heterocycles. The van der Waals surface area contributed by atoms with E-state index >= 15 is 0 Å². The quantitative estimate of drug-likeness (QED) is 0.733. The van der Waals surface area contributed by atoms with Gasteiger partial charge in [0, 0.05) is 22.9 Å². The topological polar surface area (TPSA) is 3.24 Å². The summed E-state index contributed by atoms with van der Waals surface area (Å²) in [6.45, 7) is 10.8. The molecule has 2 rings (SSSR count). The number of benzene rings is 2. The Kier molecular flexibility index (Phi) is 5.13. The van der Waals surface area contributed by atoms with E-state index in [9.17, 15) is 0 Å². The van der Waals surface area contributed by atoms with Gasteiger partial charge in [0.2, 0.25) is 0 Å². The van der Waals surface area contributed by atoms with Crippen LogP contribution in [-0.2, 0) is 0 Å². The fourth-order valence-electron chi connectivity index (χ4n) is 2.40. The number of para-hydroxylation sites is 1. The summed E-state index contributed by atoms with van der Waals surface area (Å²) in [5.41, 5.74) is 4.01. The van der Waals surface area contributed by atoms with Gasteiger partial charge in [0.25, 0.3) is 0 Å². The van der Waals surface area contributed by atoms with E-state index in [0.29, 0.717) is 0 Å². The van der Waals surface area contributed by atoms with Crippen molar-refractivity contribution in [1.29, 1.82) is 0 Å². The summed E-state index contributed by atoms with van der Waals surface area (Å²) >= 11 is 1.87. The highest BCUT2D eigenvalue weighted by Gasteiger charge is 2.10. The van der Waals surface area contributed by atoms with Gasteiger partial charge in [-0.05, 0) is 51.5 Å². The van der Waals surface area contributed by atoms with Crippen molar-refractivity contribution >= 4 is 17.4 Å². The molecule has 0 unspecified atom stereocenters. The van der Waals surface area contributed by atoms with Crippen molar-refractivity contribution < 1.29 is 0 Å². The van der Waals surface area contributed by atoms with Crippen LogP contribution in [0.3, 0.4) is 0 Å². The van der Waals surface area contributed by atoms with Crippen molar-refractivity contribution in [2.24, 2.45) is 0 Å². The van der Waals surface area contributed by atoms with Crippen molar-refractivity contribution in [3.63, 3.8) is 0 Å². The van der Waals surface area contributed by atoms with Crippen LogP contribution in [0, 0.1) is 13.8 Å². The first-order valence-corrected chi connectivity index (χ1v) is 8.06. The van der Waals surface area contributed by atoms with Crippen LogP contribution in [-0.4, -0.2) is 13.1 Å². The van der Waals surface area contributed by atoms with Crippen molar-refractivity contribution in [1.82, 2.24) is 0 Å². The molecular weight excluding hydrogens is 262 g/mol. The summed E-state index contributed by atoms with van der Waals surface area (Å²) in [5, 5.41) is 0. The lowest BCUT2D eigenvalue weighted by Crippen LogP contribution is -2.22. The fourth-order valence-corrected chi connectivity index (χ4v) is 3.44. The molecular formula is C18H23NS. The van der Waals surface area contributed by atoms with Crippen molar-refractivity contribution in [2.45, 2.75) is 37.5 Å². The smallest absolute Gasteiger partial charge is 0.0507 e. The number of hydrogen-bond donors (Lipinski definition) is 0. The Morgan fingerprint density at radius 1 is 0.900 bits per heavy atom. The molecule has 0 saturated heterocycles. The van der Waals surface area contributed by atoms with Gasteiger partial charge in [-0.2, -0.15) is 0 Å². The average Bonchev–Trinajstić information content (AvgIpc) is 2.45. The van der Waals surface area contributed by atoms with E-state index in [1.165, 1.54) is 26.6 Å². The van der Waals surface area contributed by atoms with Crippen LogP contribution in [0.25, 0.3) is 0 Å². The summed E-state index contributed by atoms with van der Waals surface area (Å²) in [6.07, 6.45) is 0. The molecule has 0 aliphatic rings. The molecule has 0 spiro atoms. The first kappa shape index (κ1) is 15.0. The molecule has 0 atom stereocenters. The minimum absolute atomic E-state index is 1.04. The molecule has 106 valence electrons. The molecule has 0 amide bonds. The summed E-state index contributed by atoms with van der Waals surface area (Å²) in [5.74, 6) is 0. The lowest BCUT2D eigenvalue weighted by Gasteiger charge is -2.24. The Bertz CT molecular complexity index is 573. The Hall–Kier alpha value is -1.41. The SMILES string of the molecule is CCN(CC)c1ccccc1Sc1ccc(C)cc1C. The zero-order valence-electron chi connectivity index (χ0n) is 12.8. The standard InChI is InChI=1S/C18H23NS/c1-5-19(6-2)16-9-7-8-10-18(16)20-17-12-11-14(3)13-15(17)4/h7-13H,5-6H2,1-4H3. The van der Waals surface area contributed by atoms with E-state index in [1.54, 1.807) is 0 Å². The average molecular weight is 285 g/mol. The zero-order valence-corrected chi connectivity index (χ0v) is 13.6.